The summed E-state index contributed by atoms with van der Waals surface area (Å²) in [6, 6.07) is 55.6. The maximum Gasteiger partial charge on any atom is 0.292 e. The first-order chi connectivity index (χ1) is 24.1. The van der Waals surface area contributed by atoms with Crippen LogP contribution in [-0.4, -0.2) is 11.8 Å². The molecule has 0 spiro atoms. The van der Waals surface area contributed by atoms with E-state index in [0.29, 0.717) is 33.6 Å². The SMILES string of the molecule is O=C1N(c2ccccc2)[C@@]2(c3ccccc3)O[C@@]3(c4ccccc4)O[C@@](c4ccccc4)(C(=O)N3c3ccccc3)[C@@]1(c1ccccc1)O2. The third-order valence-corrected chi connectivity index (χ3v) is 9.62. The zero-order chi connectivity index (χ0) is 33.1. The van der Waals surface area contributed by atoms with E-state index in [0.717, 1.165) is 0 Å². The minimum atomic E-state index is -2.08. The molecule has 3 saturated heterocycles. The number of amides is 2. The number of fused-ring (bicyclic) bond motifs is 5. The molecule has 0 N–H and O–H groups in total. The molecule has 0 aliphatic carbocycles. The van der Waals surface area contributed by atoms with Crippen molar-refractivity contribution in [3.8, 4) is 0 Å². The molecule has 0 aromatic heterocycles. The van der Waals surface area contributed by atoms with Crippen molar-refractivity contribution in [3.63, 3.8) is 0 Å². The van der Waals surface area contributed by atoms with E-state index in [4.69, 9.17) is 14.2 Å². The summed E-state index contributed by atoms with van der Waals surface area (Å²) in [5, 5.41) is 0. The van der Waals surface area contributed by atoms with Gasteiger partial charge in [-0.2, -0.15) is 0 Å². The molecule has 0 radical (unpaired) electrons. The third kappa shape index (κ3) is 3.83. The fraction of sp³-hybridized carbons (Fsp3) is 0.0952. The molecule has 7 nitrogen and oxygen atoms in total. The zero-order valence-electron chi connectivity index (χ0n) is 26.3. The first kappa shape index (κ1) is 29.3. The van der Waals surface area contributed by atoms with Gasteiger partial charge in [-0.3, -0.25) is 24.1 Å². The summed E-state index contributed by atoms with van der Waals surface area (Å²) >= 11 is 0. The lowest BCUT2D eigenvalue weighted by molar-refractivity contribution is -0.336. The molecule has 4 atom stereocenters. The van der Waals surface area contributed by atoms with Crippen LogP contribution in [0.5, 0.6) is 0 Å². The van der Waals surface area contributed by atoms with E-state index in [1.54, 1.807) is 9.80 Å². The maximum atomic E-state index is 15.9. The smallest absolute Gasteiger partial charge is 0.292 e. The van der Waals surface area contributed by atoms with Gasteiger partial charge in [0.25, 0.3) is 23.6 Å². The Balaban J connectivity index is 1.50. The number of carbonyl (C=O) groups is 2. The van der Waals surface area contributed by atoms with Gasteiger partial charge in [0.15, 0.2) is 0 Å². The number of rotatable bonds is 6. The van der Waals surface area contributed by atoms with E-state index in [-0.39, 0.29) is 0 Å². The van der Waals surface area contributed by atoms with Crippen molar-refractivity contribution in [3.05, 3.63) is 204 Å². The zero-order valence-corrected chi connectivity index (χ0v) is 26.3. The van der Waals surface area contributed by atoms with Gasteiger partial charge in [-0.05, 0) is 35.4 Å². The average molecular weight is 643 g/mol. The molecule has 3 aliphatic heterocycles. The first-order valence-electron chi connectivity index (χ1n) is 16.2. The quantitative estimate of drug-likeness (QED) is 0.188. The van der Waals surface area contributed by atoms with Crippen molar-refractivity contribution >= 4 is 23.2 Å². The fourth-order valence-electron chi connectivity index (χ4n) is 7.58. The van der Waals surface area contributed by atoms with Crippen LogP contribution in [0.4, 0.5) is 11.4 Å². The molecule has 9 rings (SSSR count). The second-order valence-corrected chi connectivity index (χ2v) is 12.2. The van der Waals surface area contributed by atoms with Gasteiger partial charge in [0, 0.05) is 22.5 Å². The lowest BCUT2D eigenvalue weighted by atomic mass is 9.71. The molecule has 3 fully saturated rings. The van der Waals surface area contributed by atoms with Crippen LogP contribution in [0, 0.1) is 0 Å². The molecule has 0 saturated carbocycles. The van der Waals surface area contributed by atoms with Crippen LogP contribution in [0.3, 0.4) is 0 Å². The van der Waals surface area contributed by atoms with E-state index in [1.165, 1.54) is 0 Å². The molecular formula is C42H30N2O5. The Kier molecular flexibility index (Phi) is 6.48. The van der Waals surface area contributed by atoms with Crippen LogP contribution in [0.2, 0.25) is 0 Å². The highest BCUT2D eigenvalue weighted by Crippen LogP contribution is 2.68. The van der Waals surface area contributed by atoms with E-state index < -0.39 is 34.8 Å². The minimum Gasteiger partial charge on any atom is -0.303 e. The second kappa shape index (κ2) is 10.8. The monoisotopic (exact) mass is 642 g/mol. The third-order valence-electron chi connectivity index (χ3n) is 9.62. The van der Waals surface area contributed by atoms with E-state index >= 15 is 9.59 Å². The highest BCUT2D eigenvalue weighted by molar-refractivity contribution is 6.13. The summed E-state index contributed by atoms with van der Waals surface area (Å²) < 4.78 is 22.3. The van der Waals surface area contributed by atoms with Crippen molar-refractivity contribution in [1.82, 2.24) is 0 Å². The Hall–Kier alpha value is -5.86. The Bertz CT molecular complexity index is 2000. The summed E-state index contributed by atoms with van der Waals surface area (Å²) in [7, 11) is 0. The summed E-state index contributed by atoms with van der Waals surface area (Å²) in [4.78, 5) is 34.9. The molecule has 3 heterocycles. The van der Waals surface area contributed by atoms with Gasteiger partial charge in [-0.25, -0.2) is 0 Å². The first-order valence-corrected chi connectivity index (χ1v) is 16.2. The molecule has 2 amide bonds. The summed E-state index contributed by atoms with van der Waals surface area (Å²) in [5.74, 6) is -4.89. The number of benzene rings is 6. The molecular weight excluding hydrogens is 612 g/mol. The molecule has 49 heavy (non-hydrogen) atoms. The number of carbonyl (C=O) groups excluding carboxylic acids is 2. The average Bonchev–Trinajstić information content (AvgIpc) is 3.55. The lowest BCUT2D eigenvalue weighted by Gasteiger charge is -2.45. The van der Waals surface area contributed by atoms with Crippen molar-refractivity contribution in [2.75, 3.05) is 9.80 Å². The van der Waals surface area contributed by atoms with Crippen molar-refractivity contribution in [2.45, 2.75) is 23.0 Å². The lowest BCUT2D eigenvalue weighted by Crippen LogP contribution is -2.60. The largest absolute Gasteiger partial charge is 0.303 e. The van der Waals surface area contributed by atoms with Crippen molar-refractivity contribution in [1.29, 1.82) is 0 Å². The minimum absolute atomic E-state index is 0.443. The number of nitrogens with zero attached hydrogens (tertiary/aromatic N) is 2. The Morgan fingerprint density at radius 2 is 0.592 bits per heavy atom. The fourth-order valence-corrected chi connectivity index (χ4v) is 7.58. The van der Waals surface area contributed by atoms with E-state index in [1.807, 2.05) is 182 Å². The van der Waals surface area contributed by atoms with Gasteiger partial charge < -0.3 is 9.47 Å². The van der Waals surface area contributed by atoms with Crippen LogP contribution >= 0.6 is 0 Å². The molecule has 4 bridgehead atoms. The van der Waals surface area contributed by atoms with Gasteiger partial charge in [-0.1, -0.05) is 158 Å². The van der Waals surface area contributed by atoms with E-state index in [9.17, 15) is 0 Å². The van der Waals surface area contributed by atoms with Gasteiger partial charge in [-0.15, -0.1) is 0 Å². The predicted molar refractivity (Wildman–Crippen MR) is 184 cm³/mol. The number of para-hydroxylation sites is 2. The predicted octanol–water partition coefficient (Wildman–Crippen LogP) is 7.56. The van der Waals surface area contributed by atoms with Crippen LogP contribution in [-0.2, 0) is 46.8 Å². The Labute approximate surface area is 283 Å². The Morgan fingerprint density at radius 1 is 0.327 bits per heavy atom. The topological polar surface area (TPSA) is 68.3 Å². The highest BCUT2D eigenvalue weighted by Gasteiger charge is 2.85. The van der Waals surface area contributed by atoms with Gasteiger partial charge in [0.05, 0.1) is 0 Å². The standard InChI is InChI=1S/C42H30N2O5/c45-37-39(31-19-7-1-8-20-31)40(32-21-9-2-10-22-32)38(46)44(36-29-17-6-18-30-36)42(48-40,34-25-13-4-14-26-34)49-41(47-39,33-23-11-3-12-24-33)43(37)35-27-15-5-16-28-35/h1-30H/t39-,40-,41+,42+/m0/s1. The molecule has 7 heteroatoms. The molecule has 6 aromatic rings. The second-order valence-electron chi connectivity index (χ2n) is 12.2. The number of hydrogen-bond donors (Lipinski definition) is 0. The highest BCUT2D eigenvalue weighted by atomic mass is 16.9. The molecule has 6 aromatic carbocycles. The number of hydrogen-bond acceptors (Lipinski definition) is 5. The summed E-state index contributed by atoms with van der Waals surface area (Å²) in [5.41, 5.74) is -1.14. The maximum absolute atomic E-state index is 15.9. The van der Waals surface area contributed by atoms with E-state index in [2.05, 4.69) is 0 Å². The summed E-state index contributed by atoms with van der Waals surface area (Å²) in [6.07, 6.45) is 0. The van der Waals surface area contributed by atoms with Crippen LogP contribution < -0.4 is 9.80 Å². The number of ether oxygens (including phenoxy) is 3. The van der Waals surface area contributed by atoms with Crippen molar-refractivity contribution in [2.24, 2.45) is 0 Å². The van der Waals surface area contributed by atoms with Crippen molar-refractivity contribution < 1.29 is 23.8 Å². The van der Waals surface area contributed by atoms with Crippen LogP contribution in [0.15, 0.2) is 182 Å². The Morgan fingerprint density at radius 3 is 0.898 bits per heavy atom. The van der Waals surface area contributed by atoms with Gasteiger partial charge in [0.2, 0.25) is 11.2 Å². The van der Waals surface area contributed by atoms with Gasteiger partial charge in [0.1, 0.15) is 0 Å². The molecule has 3 aliphatic rings. The van der Waals surface area contributed by atoms with Crippen LogP contribution in [0.1, 0.15) is 22.3 Å². The summed E-state index contributed by atoms with van der Waals surface area (Å²) in [6.45, 7) is 0. The molecule has 0 unspecified atom stereocenters. The number of anilines is 2. The molecule has 238 valence electrons. The van der Waals surface area contributed by atoms with Gasteiger partial charge >= 0.3 is 0 Å². The van der Waals surface area contributed by atoms with Crippen LogP contribution in [0.25, 0.3) is 0 Å². The normalized spacial score (nSPS) is 27.3.